The van der Waals surface area contributed by atoms with Crippen LogP contribution in [0.1, 0.15) is 17.7 Å². The highest BCUT2D eigenvalue weighted by atomic mass is 35.5. The molecule has 2 aromatic heterocycles. The molecule has 0 aliphatic heterocycles. The van der Waals surface area contributed by atoms with Gasteiger partial charge in [-0.15, -0.1) is 5.10 Å². The second-order valence-electron chi connectivity index (χ2n) is 5.39. The molecule has 8 heteroatoms. The molecule has 6 nitrogen and oxygen atoms in total. The van der Waals surface area contributed by atoms with Gasteiger partial charge in [-0.25, -0.2) is 4.68 Å². The molecule has 0 saturated heterocycles. The number of nitrogens with one attached hydrogen (secondary N) is 1. The number of amides is 1. The minimum absolute atomic E-state index is 0.0676. The fraction of sp³-hybridized carbons (Fsp3) is 0.176. The Kier molecular flexibility index (Phi) is 5.63. The van der Waals surface area contributed by atoms with E-state index in [-0.39, 0.29) is 5.91 Å². The maximum Gasteiger partial charge on any atom is 0.220 e. The van der Waals surface area contributed by atoms with E-state index in [1.807, 2.05) is 18.2 Å². The van der Waals surface area contributed by atoms with Crippen molar-refractivity contribution in [2.45, 2.75) is 19.4 Å². The first-order valence-corrected chi connectivity index (χ1v) is 8.39. The van der Waals surface area contributed by atoms with Crippen molar-refractivity contribution in [2.24, 2.45) is 0 Å². The van der Waals surface area contributed by atoms with E-state index >= 15 is 0 Å². The first-order chi connectivity index (χ1) is 12.1. The lowest BCUT2D eigenvalue weighted by molar-refractivity contribution is -0.121. The molecule has 3 aromatic rings. The van der Waals surface area contributed by atoms with E-state index < -0.39 is 0 Å². The summed E-state index contributed by atoms with van der Waals surface area (Å²) in [5.74, 6) is -0.0676. The van der Waals surface area contributed by atoms with Gasteiger partial charge in [-0.2, -0.15) is 0 Å². The van der Waals surface area contributed by atoms with E-state index in [0.717, 1.165) is 11.3 Å². The first-order valence-electron chi connectivity index (χ1n) is 7.64. The number of aromatic nitrogens is 4. The number of hydrogen-bond donors (Lipinski definition) is 1. The van der Waals surface area contributed by atoms with Crippen LogP contribution in [0.3, 0.4) is 0 Å². The van der Waals surface area contributed by atoms with E-state index in [9.17, 15) is 4.79 Å². The van der Waals surface area contributed by atoms with Crippen LogP contribution < -0.4 is 5.32 Å². The number of hydrogen-bond acceptors (Lipinski definition) is 4. The number of nitrogens with zero attached hydrogens (tertiary/aromatic N) is 4. The maximum atomic E-state index is 12.0. The average molecular weight is 376 g/mol. The van der Waals surface area contributed by atoms with Crippen LogP contribution in [0.25, 0.3) is 5.69 Å². The summed E-state index contributed by atoms with van der Waals surface area (Å²) in [7, 11) is 0. The third-order valence-corrected chi connectivity index (χ3v) is 4.28. The smallest absolute Gasteiger partial charge is 0.220 e. The zero-order chi connectivity index (χ0) is 17.6. The third kappa shape index (κ3) is 4.78. The van der Waals surface area contributed by atoms with Gasteiger partial charge in [0.25, 0.3) is 0 Å². The van der Waals surface area contributed by atoms with E-state index in [1.165, 1.54) is 0 Å². The van der Waals surface area contributed by atoms with Gasteiger partial charge in [0.15, 0.2) is 0 Å². The zero-order valence-corrected chi connectivity index (χ0v) is 14.7. The minimum atomic E-state index is -0.0676. The predicted octanol–water partition coefficient (Wildman–Crippen LogP) is 3.22. The number of rotatable bonds is 6. The number of aryl methyl sites for hydroxylation is 1. The van der Waals surface area contributed by atoms with Gasteiger partial charge in [0, 0.05) is 12.6 Å². The number of pyridine rings is 1. The summed E-state index contributed by atoms with van der Waals surface area (Å²) in [6.07, 6.45) is 6.08. The average Bonchev–Trinajstić information content (AvgIpc) is 3.11. The van der Waals surface area contributed by atoms with Crippen LogP contribution in [0, 0.1) is 0 Å². The quantitative estimate of drug-likeness (QED) is 0.717. The molecule has 1 aromatic carbocycles. The Bertz CT molecular complexity index is 866. The number of benzene rings is 1. The van der Waals surface area contributed by atoms with Crippen LogP contribution in [0.5, 0.6) is 0 Å². The highest BCUT2D eigenvalue weighted by Gasteiger charge is 2.07. The molecule has 1 N–H and O–H groups in total. The Morgan fingerprint density at radius 1 is 1.20 bits per heavy atom. The SMILES string of the molecule is O=C(CCc1ccc(Cl)c(Cl)c1)NCc1cn(-c2cccnc2)nn1. The van der Waals surface area contributed by atoms with E-state index in [2.05, 4.69) is 20.6 Å². The van der Waals surface area contributed by atoms with Crippen LogP contribution in [-0.2, 0) is 17.8 Å². The van der Waals surface area contributed by atoms with Gasteiger partial charge in [-0.05, 0) is 36.2 Å². The minimum Gasteiger partial charge on any atom is -0.350 e. The highest BCUT2D eigenvalue weighted by molar-refractivity contribution is 6.42. The largest absolute Gasteiger partial charge is 0.350 e. The third-order valence-electron chi connectivity index (χ3n) is 3.54. The molecular weight excluding hydrogens is 361 g/mol. The molecule has 1 amide bonds. The Morgan fingerprint density at radius 3 is 2.84 bits per heavy atom. The maximum absolute atomic E-state index is 12.0. The van der Waals surface area contributed by atoms with Crippen LogP contribution in [-0.4, -0.2) is 25.9 Å². The monoisotopic (exact) mass is 375 g/mol. The summed E-state index contributed by atoms with van der Waals surface area (Å²) in [5, 5.41) is 11.9. The Morgan fingerprint density at radius 2 is 2.08 bits per heavy atom. The molecule has 0 atom stereocenters. The molecule has 0 aliphatic rings. The van der Waals surface area contributed by atoms with Crippen molar-refractivity contribution >= 4 is 29.1 Å². The number of carbonyl (C=O) groups excluding carboxylic acids is 1. The van der Waals surface area contributed by atoms with Crippen LogP contribution in [0.2, 0.25) is 10.0 Å². The Balaban J connectivity index is 1.49. The van der Waals surface area contributed by atoms with Gasteiger partial charge in [0.1, 0.15) is 5.69 Å². The number of halogens is 2. The van der Waals surface area contributed by atoms with E-state index in [0.29, 0.717) is 35.1 Å². The molecule has 0 bridgehead atoms. The van der Waals surface area contributed by atoms with Crippen molar-refractivity contribution < 1.29 is 4.79 Å². The van der Waals surface area contributed by atoms with Crippen LogP contribution >= 0.6 is 23.2 Å². The van der Waals surface area contributed by atoms with E-state index in [1.54, 1.807) is 35.4 Å². The summed E-state index contributed by atoms with van der Waals surface area (Å²) < 4.78 is 1.62. The van der Waals surface area contributed by atoms with Crippen molar-refractivity contribution in [3.8, 4) is 5.69 Å². The van der Waals surface area contributed by atoms with Crippen molar-refractivity contribution in [3.63, 3.8) is 0 Å². The highest BCUT2D eigenvalue weighted by Crippen LogP contribution is 2.23. The van der Waals surface area contributed by atoms with E-state index in [4.69, 9.17) is 23.2 Å². The van der Waals surface area contributed by atoms with Gasteiger partial charge in [-0.3, -0.25) is 9.78 Å². The van der Waals surface area contributed by atoms with Gasteiger partial charge >= 0.3 is 0 Å². The molecular formula is C17H15Cl2N5O. The van der Waals surface area contributed by atoms with Crippen LogP contribution in [0.15, 0.2) is 48.9 Å². The summed E-state index contributed by atoms with van der Waals surface area (Å²) >= 11 is 11.8. The van der Waals surface area contributed by atoms with Gasteiger partial charge in [-0.1, -0.05) is 34.5 Å². The fourth-order valence-corrected chi connectivity index (χ4v) is 2.55. The number of carbonyl (C=O) groups is 1. The lowest BCUT2D eigenvalue weighted by Gasteiger charge is -2.04. The molecule has 128 valence electrons. The van der Waals surface area contributed by atoms with Crippen molar-refractivity contribution in [1.82, 2.24) is 25.3 Å². The van der Waals surface area contributed by atoms with Gasteiger partial charge < -0.3 is 5.32 Å². The molecule has 0 saturated carbocycles. The first kappa shape index (κ1) is 17.4. The normalized spacial score (nSPS) is 10.6. The molecule has 25 heavy (non-hydrogen) atoms. The zero-order valence-electron chi connectivity index (χ0n) is 13.2. The summed E-state index contributed by atoms with van der Waals surface area (Å²) in [4.78, 5) is 16.0. The summed E-state index contributed by atoms with van der Waals surface area (Å²) in [6.45, 7) is 0.320. The van der Waals surface area contributed by atoms with Crippen molar-refractivity contribution in [2.75, 3.05) is 0 Å². The molecule has 0 unspecified atom stereocenters. The Labute approximate surface area is 154 Å². The topological polar surface area (TPSA) is 72.7 Å². The molecule has 0 radical (unpaired) electrons. The van der Waals surface area contributed by atoms with Crippen molar-refractivity contribution in [3.05, 3.63) is 70.2 Å². The summed E-state index contributed by atoms with van der Waals surface area (Å²) in [5.41, 5.74) is 2.45. The second-order valence-corrected chi connectivity index (χ2v) is 6.21. The van der Waals surface area contributed by atoms with Gasteiger partial charge in [0.05, 0.1) is 34.7 Å². The summed E-state index contributed by atoms with van der Waals surface area (Å²) in [6, 6.07) is 9.06. The molecule has 2 heterocycles. The standard InChI is InChI=1S/C17H15Cl2N5O/c18-15-5-3-12(8-16(15)19)4-6-17(25)21-9-13-11-24(23-22-13)14-2-1-7-20-10-14/h1-3,5,7-8,10-11H,4,6,9H2,(H,21,25). The lowest BCUT2D eigenvalue weighted by Crippen LogP contribution is -2.23. The second kappa shape index (κ2) is 8.09. The molecule has 0 aliphatic carbocycles. The fourth-order valence-electron chi connectivity index (χ4n) is 2.23. The predicted molar refractivity (Wildman–Crippen MR) is 95.8 cm³/mol. The molecule has 0 fully saturated rings. The Hall–Kier alpha value is -2.44. The van der Waals surface area contributed by atoms with Crippen molar-refractivity contribution in [1.29, 1.82) is 0 Å². The molecule has 3 rings (SSSR count). The van der Waals surface area contributed by atoms with Gasteiger partial charge in [0.2, 0.25) is 5.91 Å². The molecule has 0 spiro atoms. The van der Waals surface area contributed by atoms with Crippen LogP contribution in [0.4, 0.5) is 0 Å². The lowest BCUT2D eigenvalue weighted by atomic mass is 10.1.